The van der Waals surface area contributed by atoms with Gasteiger partial charge in [0.15, 0.2) is 0 Å². The van der Waals surface area contributed by atoms with E-state index in [9.17, 15) is 9.18 Å². The van der Waals surface area contributed by atoms with Crippen molar-refractivity contribution < 1.29 is 9.18 Å². The lowest BCUT2D eigenvalue weighted by atomic mass is 10.0. The second-order valence-corrected chi connectivity index (χ2v) is 7.25. The number of carbonyl (C=O) groups is 1. The molecule has 0 aliphatic heterocycles. The lowest BCUT2D eigenvalue weighted by Gasteiger charge is -2.13. The highest BCUT2D eigenvalue weighted by Gasteiger charge is 2.21. The minimum Gasteiger partial charge on any atom is -0.366 e. The normalized spacial score (nSPS) is 10.9. The maximum absolute atomic E-state index is 13.1. The average Bonchev–Trinajstić information content (AvgIpc) is 2.85. The summed E-state index contributed by atoms with van der Waals surface area (Å²) < 4.78 is 16.2. The molecule has 0 fully saturated rings. The van der Waals surface area contributed by atoms with E-state index in [1.807, 2.05) is 38.1 Å². The summed E-state index contributed by atoms with van der Waals surface area (Å²) in [7, 11) is 0. The summed E-state index contributed by atoms with van der Waals surface area (Å²) in [5.41, 5.74) is 11.0. The number of primary amides is 1. The van der Waals surface area contributed by atoms with Gasteiger partial charge in [-0.25, -0.2) is 4.39 Å². The van der Waals surface area contributed by atoms with Gasteiger partial charge >= 0.3 is 0 Å². The summed E-state index contributed by atoms with van der Waals surface area (Å²) in [5.74, 6) is -0.660. The Balaban J connectivity index is 2.04. The van der Waals surface area contributed by atoms with Gasteiger partial charge in [0, 0.05) is 16.7 Å². The molecule has 0 atom stereocenters. The van der Waals surface area contributed by atoms with Crippen molar-refractivity contribution in [3.05, 3.63) is 81.2 Å². The molecule has 0 bridgehead atoms. The standard InChI is InChI=1S/C21H20BrFN2O/c1-13-19(21(24)26)14(2)25(12-11-15-3-9-18(23)10-4-15)20(13)16-5-7-17(22)8-6-16/h3-10H,11-12H2,1-2H3,(H2,24,26). The molecule has 3 rings (SSSR count). The van der Waals surface area contributed by atoms with E-state index in [4.69, 9.17) is 5.73 Å². The number of benzene rings is 2. The summed E-state index contributed by atoms with van der Waals surface area (Å²) in [4.78, 5) is 12.0. The second-order valence-electron chi connectivity index (χ2n) is 6.33. The van der Waals surface area contributed by atoms with Gasteiger partial charge in [-0.05, 0) is 61.2 Å². The average molecular weight is 415 g/mol. The van der Waals surface area contributed by atoms with Crippen molar-refractivity contribution in [2.24, 2.45) is 5.73 Å². The topological polar surface area (TPSA) is 48.0 Å². The van der Waals surface area contributed by atoms with Crippen LogP contribution in [0.3, 0.4) is 0 Å². The van der Waals surface area contributed by atoms with Crippen molar-refractivity contribution in [1.82, 2.24) is 4.57 Å². The van der Waals surface area contributed by atoms with Crippen LogP contribution < -0.4 is 5.73 Å². The van der Waals surface area contributed by atoms with Crippen molar-refractivity contribution in [2.45, 2.75) is 26.8 Å². The number of aryl methyl sites for hydroxylation is 1. The summed E-state index contributed by atoms with van der Waals surface area (Å²) >= 11 is 3.45. The highest BCUT2D eigenvalue weighted by molar-refractivity contribution is 9.10. The summed E-state index contributed by atoms with van der Waals surface area (Å²) in [5, 5.41) is 0. The van der Waals surface area contributed by atoms with Gasteiger partial charge in [0.05, 0.1) is 11.3 Å². The van der Waals surface area contributed by atoms with Crippen LogP contribution >= 0.6 is 15.9 Å². The Morgan fingerprint density at radius 3 is 2.27 bits per heavy atom. The first-order valence-corrected chi connectivity index (χ1v) is 9.17. The van der Waals surface area contributed by atoms with E-state index in [1.54, 1.807) is 12.1 Å². The zero-order valence-corrected chi connectivity index (χ0v) is 16.3. The highest BCUT2D eigenvalue weighted by Crippen LogP contribution is 2.32. The molecule has 5 heteroatoms. The fraction of sp³-hybridized carbons (Fsp3) is 0.190. The molecule has 1 heterocycles. The molecule has 26 heavy (non-hydrogen) atoms. The largest absolute Gasteiger partial charge is 0.366 e. The Morgan fingerprint density at radius 2 is 1.69 bits per heavy atom. The van der Waals surface area contributed by atoms with Gasteiger partial charge in [-0.15, -0.1) is 0 Å². The quantitative estimate of drug-likeness (QED) is 0.626. The Morgan fingerprint density at radius 1 is 1.08 bits per heavy atom. The molecule has 0 unspecified atom stereocenters. The van der Waals surface area contributed by atoms with E-state index in [-0.39, 0.29) is 5.82 Å². The van der Waals surface area contributed by atoms with Crippen LogP contribution in [0.15, 0.2) is 53.0 Å². The van der Waals surface area contributed by atoms with Crippen LogP contribution in [-0.2, 0) is 13.0 Å². The van der Waals surface area contributed by atoms with Gasteiger partial charge in [-0.2, -0.15) is 0 Å². The molecule has 1 aromatic heterocycles. The number of nitrogens with two attached hydrogens (primary N) is 1. The van der Waals surface area contributed by atoms with Crippen LogP contribution in [0.1, 0.15) is 27.2 Å². The predicted molar refractivity (Wildman–Crippen MR) is 106 cm³/mol. The van der Waals surface area contributed by atoms with Crippen LogP contribution in [0.25, 0.3) is 11.3 Å². The van der Waals surface area contributed by atoms with Crippen molar-refractivity contribution in [3.63, 3.8) is 0 Å². The number of halogens is 2. The minimum absolute atomic E-state index is 0.242. The summed E-state index contributed by atoms with van der Waals surface area (Å²) in [6.07, 6.45) is 0.733. The van der Waals surface area contributed by atoms with Gasteiger partial charge < -0.3 is 10.3 Å². The van der Waals surface area contributed by atoms with E-state index < -0.39 is 5.91 Å². The number of nitrogens with zero attached hydrogens (tertiary/aromatic N) is 1. The van der Waals surface area contributed by atoms with Crippen LogP contribution in [0, 0.1) is 19.7 Å². The van der Waals surface area contributed by atoms with E-state index in [0.29, 0.717) is 12.1 Å². The van der Waals surface area contributed by atoms with Gasteiger partial charge in [0.1, 0.15) is 5.82 Å². The molecule has 0 aliphatic rings. The van der Waals surface area contributed by atoms with Crippen molar-refractivity contribution in [3.8, 4) is 11.3 Å². The molecule has 0 saturated heterocycles. The minimum atomic E-state index is -0.418. The van der Waals surface area contributed by atoms with E-state index in [0.717, 1.165) is 39.0 Å². The molecule has 0 radical (unpaired) electrons. The Hall–Kier alpha value is -2.40. The van der Waals surface area contributed by atoms with Gasteiger partial charge in [-0.3, -0.25) is 4.79 Å². The molecule has 2 aromatic carbocycles. The molecular weight excluding hydrogens is 395 g/mol. The molecule has 0 saturated carbocycles. The molecule has 0 spiro atoms. The third-order valence-electron chi connectivity index (χ3n) is 4.67. The number of carbonyl (C=O) groups excluding carboxylic acids is 1. The van der Waals surface area contributed by atoms with Crippen LogP contribution in [0.2, 0.25) is 0 Å². The van der Waals surface area contributed by atoms with Gasteiger partial charge in [-0.1, -0.05) is 40.2 Å². The van der Waals surface area contributed by atoms with E-state index in [1.165, 1.54) is 12.1 Å². The number of rotatable bonds is 5. The monoisotopic (exact) mass is 414 g/mol. The summed E-state index contributed by atoms with van der Waals surface area (Å²) in [6.45, 7) is 4.52. The molecule has 134 valence electrons. The first kappa shape index (κ1) is 18.4. The zero-order chi connectivity index (χ0) is 18.8. The highest BCUT2D eigenvalue weighted by atomic mass is 79.9. The van der Waals surface area contributed by atoms with Crippen molar-refractivity contribution >= 4 is 21.8 Å². The fourth-order valence-electron chi connectivity index (χ4n) is 3.41. The smallest absolute Gasteiger partial charge is 0.250 e. The van der Waals surface area contributed by atoms with Crippen LogP contribution in [0.5, 0.6) is 0 Å². The first-order valence-electron chi connectivity index (χ1n) is 8.38. The van der Waals surface area contributed by atoms with Gasteiger partial charge in [0.25, 0.3) is 5.91 Å². The van der Waals surface area contributed by atoms with Gasteiger partial charge in [0.2, 0.25) is 0 Å². The lowest BCUT2D eigenvalue weighted by molar-refractivity contribution is 0.0999. The molecule has 3 aromatic rings. The third-order valence-corrected chi connectivity index (χ3v) is 5.20. The Labute approximate surface area is 160 Å². The van der Waals surface area contributed by atoms with Crippen molar-refractivity contribution in [2.75, 3.05) is 0 Å². The first-order chi connectivity index (χ1) is 12.4. The Bertz CT molecular complexity index is 944. The number of amides is 1. The number of hydrogen-bond donors (Lipinski definition) is 1. The third kappa shape index (κ3) is 3.58. The Kier molecular flexibility index (Phi) is 5.28. The molecule has 0 aliphatic carbocycles. The number of aromatic nitrogens is 1. The van der Waals surface area contributed by atoms with Crippen LogP contribution in [0.4, 0.5) is 4.39 Å². The number of hydrogen-bond acceptors (Lipinski definition) is 1. The maximum atomic E-state index is 13.1. The SMILES string of the molecule is Cc1c(C(N)=O)c(C)n(CCc2ccc(F)cc2)c1-c1ccc(Br)cc1. The van der Waals surface area contributed by atoms with E-state index in [2.05, 4.69) is 20.5 Å². The molecular formula is C21H20BrFN2O. The summed E-state index contributed by atoms with van der Waals surface area (Å²) in [6, 6.07) is 14.5. The predicted octanol–water partition coefficient (Wildman–Crippen LogP) is 5.02. The fourth-order valence-corrected chi connectivity index (χ4v) is 3.67. The zero-order valence-electron chi connectivity index (χ0n) is 14.7. The molecule has 1 amide bonds. The maximum Gasteiger partial charge on any atom is 0.250 e. The van der Waals surface area contributed by atoms with E-state index >= 15 is 0 Å². The molecule has 3 nitrogen and oxygen atoms in total. The lowest BCUT2D eigenvalue weighted by Crippen LogP contribution is -2.13. The van der Waals surface area contributed by atoms with Crippen LogP contribution in [-0.4, -0.2) is 10.5 Å². The second kappa shape index (κ2) is 7.46. The molecule has 2 N–H and O–H groups in total. The van der Waals surface area contributed by atoms with Crippen molar-refractivity contribution in [1.29, 1.82) is 0 Å².